The maximum absolute atomic E-state index is 12.5. The van der Waals surface area contributed by atoms with E-state index in [1.165, 1.54) is 4.31 Å². The molecule has 0 aromatic heterocycles. The summed E-state index contributed by atoms with van der Waals surface area (Å²) in [6.45, 7) is 5.45. The minimum absolute atomic E-state index is 0. The molecule has 1 heterocycles. The van der Waals surface area contributed by atoms with Crippen LogP contribution in [0.1, 0.15) is 20.3 Å². The molecular weight excluding hydrogens is 312 g/mol. The standard InChI is InChI=1S/C14H22N2O3S.ClH/c1-11(2)19-13-4-6-14(7-5-13)20(17,18)16(3)12-8-9-15-10-12;/h4-7,11-12,15H,8-10H2,1-3H3;1H. The van der Waals surface area contributed by atoms with Gasteiger partial charge in [0.1, 0.15) is 5.75 Å². The maximum atomic E-state index is 12.5. The van der Waals surface area contributed by atoms with E-state index >= 15 is 0 Å². The van der Waals surface area contributed by atoms with E-state index < -0.39 is 10.0 Å². The Hall–Kier alpha value is -0.820. The van der Waals surface area contributed by atoms with Gasteiger partial charge in [0.2, 0.25) is 10.0 Å². The van der Waals surface area contributed by atoms with Crippen LogP contribution >= 0.6 is 12.4 Å². The number of likely N-dealkylation sites (N-methyl/N-ethyl adjacent to an activating group) is 1. The van der Waals surface area contributed by atoms with Crippen molar-refractivity contribution in [3.63, 3.8) is 0 Å². The highest BCUT2D eigenvalue weighted by Crippen LogP contribution is 2.22. The topological polar surface area (TPSA) is 58.6 Å². The minimum atomic E-state index is -3.43. The average molecular weight is 335 g/mol. The third-order valence-corrected chi connectivity index (χ3v) is 5.35. The molecule has 1 saturated heterocycles. The SMILES string of the molecule is CC(C)Oc1ccc(S(=O)(=O)N(C)C2CCNC2)cc1.Cl. The van der Waals surface area contributed by atoms with Crippen LogP contribution in [-0.2, 0) is 10.0 Å². The van der Waals surface area contributed by atoms with Crippen LogP contribution in [-0.4, -0.2) is 45.0 Å². The summed E-state index contributed by atoms with van der Waals surface area (Å²) < 4.78 is 32.0. The van der Waals surface area contributed by atoms with Crippen LogP contribution in [0.25, 0.3) is 0 Å². The summed E-state index contributed by atoms with van der Waals surface area (Å²) in [5.74, 6) is 0.684. The number of benzene rings is 1. The van der Waals surface area contributed by atoms with Crippen LogP contribution in [0, 0.1) is 0 Å². The van der Waals surface area contributed by atoms with E-state index in [0.717, 1.165) is 13.0 Å². The van der Waals surface area contributed by atoms with Gasteiger partial charge in [-0.05, 0) is 51.1 Å². The molecule has 0 radical (unpaired) electrons. The first kappa shape index (κ1) is 18.2. The number of hydrogen-bond acceptors (Lipinski definition) is 4. The lowest BCUT2D eigenvalue weighted by Gasteiger charge is -2.23. The fourth-order valence-corrected chi connectivity index (χ4v) is 3.66. The second-order valence-corrected chi connectivity index (χ2v) is 7.30. The van der Waals surface area contributed by atoms with Crippen LogP contribution in [0.4, 0.5) is 0 Å². The van der Waals surface area contributed by atoms with Crippen LogP contribution < -0.4 is 10.1 Å². The van der Waals surface area contributed by atoms with Crippen LogP contribution in [0.3, 0.4) is 0 Å². The Morgan fingerprint density at radius 3 is 2.38 bits per heavy atom. The highest BCUT2D eigenvalue weighted by atomic mass is 35.5. The fraction of sp³-hybridized carbons (Fsp3) is 0.571. The number of hydrogen-bond donors (Lipinski definition) is 1. The van der Waals surface area contributed by atoms with Crippen LogP contribution in [0.2, 0.25) is 0 Å². The van der Waals surface area contributed by atoms with Gasteiger partial charge in [-0.3, -0.25) is 0 Å². The first-order chi connectivity index (χ1) is 9.41. The van der Waals surface area contributed by atoms with Gasteiger partial charge in [0, 0.05) is 19.6 Å². The van der Waals surface area contributed by atoms with E-state index in [0.29, 0.717) is 17.2 Å². The molecule has 1 fully saturated rings. The summed E-state index contributed by atoms with van der Waals surface area (Å²) in [5, 5.41) is 3.18. The monoisotopic (exact) mass is 334 g/mol. The molecule has 1 aliphatic rings. The molecule has 1 aromatic carbocycles. The third kappa shape index (κ3) is 4.32. The van der Waals surface area contributed by atoms with E-state index in [2.05, 4.69) is 5.32 Å². The molecule has 5 nitrogen and oxygen atoms in total. The average Bonchev–Trinajstić information content (AvgIpc) is 2.91. The minimum Gasteiger partial charge on any atom is -0.491 e. The Morgan fingerprint density at radius 1 is 1.29 bits per heavy atom. The molecule has 0 aliphatic carbocycles. The van der Waals surface area contributed by atoms with Gasteiger partial charge in [-0.1, -0.05) is 0 Å². The number of nitrogens with one attached hydrogen (secondary N) is 1. The first-order valence-corrected chi connectivity index (χ1v) is 8.31. The molecule has 1 aromatic rings. The lowest BCUT2D eigenvalue weighted by Crippen LogP contribution is -2.38. The van der Waals surface area contributed by atoms with Gasteiger partial charge >= 0.3 is 0 Å². The van der Waals surface area contributed by atoms with Gasteiger partial charge in [-0.2, -0.15) is 4.31 Å². The largest absolute Gasteiger partial charge is 0.491 e. The molecule has 120 valence electrons. The van der Waals surface area contributed by atoms with Crippen molar-refractivity contribution in [1.29, 1.82) is 0 Å². The molecule has 21 heavy (non-hydrogen) atoms. The zero-order valence-electron chi connectivity index (χ0n) is 12.6. The van der Waals surface area contributed by atoms with Gasteiger partial charge in [-0.25, -0.2) is 8.42 Å². The lowest BCUT2D eigenvalue weighted by atomic mass is 10.3. The van der Waals surface area contributed by atoms with E-state index in [-0.39, 0.29) is 24.6 Å². The Kier molecular flexibility index (Phi) is 6.46. The summed E-state index contributed by atoms with van der Waals surface area (Å²) in [6.07, 6.45) is 0.925. The van der Waals surface area contributed by atoms with Gasteiger partial charge in [0.25, 0.3) is 0 Å². The molecule has 7 heteroatoms. The molecule has 0 bridgehead atoms. The van der Waals surface area contributed by atoms with E-state index in [1.54, 1.807) is 31.3 Å². The van der Waals surface area contributed by atoms with Crippen LogP contribution in [0.15, 0.2) is 29.2 Å². The predicted molar refractivity (Wildman–Crippen MR) is 85.7 cm³/mol. The highest BCUT2D eigenvalue weighted by Gasteiger charge is 2.29. The molecule has 1 unspecified atom stereocenters. The van der Waals surface area contributed by atoms with Crippen molar-refractivity contribution in [3.05, 3.63) is 24.3 Å². The van der Waals surface area contributed by atoms with E-state index in [9.17, 15) is 8.42 Å². The molecule has 1 aliphatic heterocycles. The van der Waals surface area contributed by atoms with Crippen molar-refractivity contribution in [1.82, 2.24) is 9.62 Å². The zero-order valence-corrected chi connectivity index (χ0v) is 14.2. The summed E-state index contributed by atoms with van der Waals surface area (Å²) in [4.78, 5) is 0.308. The third-order valence-electron chi connectivity index (χ3n) is 3.42. The van der Waals surface area contributed by atoms with Crippen molar-refractivity contribution in [3.8, 4) is 5.75 Å². The summed E-state index contributed by atoms with van der Waals surface area (Å²) in [5.41, 5.74) is 0. The second-order valence-electron chi connectivity index (χ2n) is 5.31. The van der Waals surface area contributed by atoms with Gasteiger partial charge in [0.05, 0.1) is 11.0 Å². The Balaban J connectivity index is 0.00000220. The second kappa shape index (κ2) is 7.45. The number of sulfonamides is 1. The van der Waals surface area contributed by atoms with Crippen molar-refractivity contribution in [2.24, 2.45) is 0 Å². The normalized spacial score (nSPS) is 18.8. The predicted octanol–water partition coefficient (Wildman–Crippen LogP) is 1.88. The van der Waals surface area contributed by atoms with Crippen molar-refractivity contribution < 1.29 is 13.2 Å². The zero-order chi connectivity index (χ0) is 14.8. The van der Waals surface area contributed by atoms with E-state index in [1.807, 2.05) is 13.8 Å². The Bertz CT molecular complexity index is 540. The highest BCUT2D eigenvalue weighted by molar-refractivity contribution is 7.89. The van der Waals surface area contributed by atoms with E-state index in [4.69, 9.17) is 4.74 Å². The van der Waals surface area contributed by atoms with Crippen LogP contribution in [0.5, 0.6) is 5.75 Å². The number of rotatable bonds is 5. The number of nitrogens with zero attached hydrogens (tertiary/aromatic N) is 1. The molecular formula is C14H23ClN2O3S. The summed E-state index contributed by atoms with van der Waals surface area (Å²) >= 11 is 0. The quantitative estimate of drug-likeness (QED) is 0.893. The molecule has 0 amide bonds. The van der Waals surface area contributed by atoms with Crippen molar-refractivity contribution in [2.75, 3.05) is 20.1 Å². The summed E-state index contributed by atoms with van der Waals surface area (Å²) in [7, 11) is -1.79. The molecule has 1 atom stereocenters. The Labute approximate surface area is 133 Å². The van der Waals surface area contributed by atoms with Crippen molar-refractivity contribution >= 4 is 22.4 Å². The Morgan fingerprint density at radius 2 is 1.90 bits per heavy atom. The number of halogens is 1. The lowest BCUT2D eigenvalue weighted by molar-refractivity contribution is 0.242. The first-order valence-electron chi connectivity index (χ1n) is 6.86. The molecule has 0 spiro atoms. The molecule has 0 saturated carbocycles. The van der Waals surface area contributed by atoms with Gasteiger partial charge in [-0.15, -0.1) is 12.4 Å². The molecule has 2 rings (SSSR count). The van der Waals surface area contributed by atoms with Gasteiger partial charge in [0.15, 0.2) is 0 Å². The smallest absolute Gasteiger partial charge is 0.243 e. The summed E-state index contributed by atoms with van der Waals surface area (Å²) in [6, 6.07) is 6.64. The fourth-order valence-electron chi connectivity index (χ4n) is 2.27. The molecule has 1 N–H and O–H groups in total. The number of ether oxygens (including phenoxy) is 1. The maximum Gasteiger partial charge on any atom is 0.243 e. The van der Waals surface area contributed by atoms with Crippen molar-refractivity contribution in [2.45, 2.75) is 37.3 Å². The van der Waals surface area contributed by atoms with Gasteiger partial charge < -0.3 is 10.1 Å².